The van der Waals surface area contributed by atoms with Gasteiger partial charge in [0.1, 0.15) is 11.5 Å². The lowest BCUT2D eigenvalue weighted by atomic mass is 10.1. The van der Waals surface area contributed by atoms with Gasteiger partial charge in [0, 0.05) is 23.3 Å². The minimum absolute atomic E-state index is 0.273. The maximum absolute atomic E-state index is 12.7. The third kappa shape index (κ3) is 5.51. The lowest BCUT2D eigenvalue weighted by molar-refractivity contribution is -0.112. The number of amides is 2. The second kappa shape index (κ2) is 10.1. The summed E-state index contributed by atoms with van der Waals surface area (Å²) in [4.78, 5) is 25.2. The lowest BCUT2D eigenvalue weighted by Gasteiger charge is -2.16. The number of carbonyl (C=O) groups is 2. The number of methoxy groups -OCH3 is 2. The SMILES string of the molecule is COc1cc(NC(=O)c2ccccc2)c(OC)cc1NC(=O)C(C)=Cc1ccccc1. The Labute approximate surface area is 181 Å². The summed E-state index contributed by atoms with van der Waals surface area (Å²) >= 11 is 0. The molecule has 2 amide bonds. The van der Waals surface area contributed by atoms with Crippen molar-refractivity contribution in [3.63, 3.8) is 0 Å². The molecule has 0 heterocycles. The van der Waals surface area contributed by atoms with Crippen molar-refractivity contribution in [3.8, 4) is 11.5 Å². The molecule has 0 aliphatic rings. The minimum Gasteiger partial charge on any atom is -0.494 e. The van der Waals surface area contributed by atoms with Gasteiger partial charge in [0.05, 0.1) is 25.6 Å². The van der Waals surface area contributed by atoms with E-state index in [0.29, 0.717) is 34.0 Å². The Morgan fingerprint density at radius 1 is 0.774 bits per heavy atom. The highest BCUT2D eigenvalue weighted by Gasteiger charge is 2.16. The van der Waals surface area contributed by atoms with Gasteiger partial charge in [-0.3, -0.25) is 9.59 Å². The normalized spacial score (nSPS) is 10.9. The number of hydrogen-bond acceptors (Lipinski definition) is 4. The second-order valence-corrected chi connectivity index (χ2v) is 6.77. The molecule has 3 rings (SSSR count). The Morgan fingerprint density at radius 3 is 1.84 bits per heavy atom. The van der Waals surface area contributed by atoms with Gasteiger partial charge < -0.3 is 20.1 Å². The molecule has 0 saturated heterocycles. The van der Waals surface area contributed by atoms with E-state index in [1.807, 2.05) is 36.4 Å². The zero-order valence-electron chi connectivity index (χ0n) is 17.6. The van der Waals surface area contributed by atoms with Crippen molar-refractivity contribution < 1.29 is 19.1 Å². The molecule has 3 aromatic rings. The number of benzene rings is 3. The largest absolute Gasteiger partial charge is 0.494 e. The average molecular weight is 416 g/mol. The van der Waals surface area contributed by atoms with Crippen LogP contribution in [0.15, 0.2) is 78.4 Å². The molecule has 0 bridgehead atoms. The number of hydrogen-bond donors (Lipinski definition) is 2. The molecule has 2 N–H and O–H groups in total. The van der Waals surface area contributed by atoms with Gasteiger partial charge in [-0.25, -0.2) is 0 Å². The van der Waals surface area contributed by atoms with E-state index < -0.39 is 0 Å². The quantitative estimate of drug-likeness (QED) is 0.532. The molecular weight excluding hydrogens is 392 g/mol. The molecule has 0 radical (unpaired) electrons. The fourth-order valence-corrected chi connectivity index (χ4v) is 2.96. The van der Waals surface area contributed by atoms with Crippen LogP contribution in [0.4, 0.5) is 11.4 Å². The monoisotopic (exact) mass is 416 g/mol. The Balaban J connectivity index is 1.83. The average Bonchev–Trinajstić information content (AvgIpc) is 2.80. The summed E-state index contributed by atoms with van der Waals surface area (Å²) in [7, 11) is 2.99. The summed E-state index contributed by atoms with van der Waals surface area (Å²) in [6.07, 6.45) is 1.80. The molecule has 0 saturated carbocycles. The summed E-state index contributed by atoms with van der Waals surface area (Å²) in [6.45, 7) is 1.74. The fourth-order valence-electron chi connectivity index (χ4n) is 2.96. The highest BCUT2D eigenvalue weighted by Crippen LogP contribution is 2.37. The Bertz CT molecular complexity index is 1090. The fraction of sp³-hybridized carbons (Fsp3) is 0.120. The highest BCUT2D eigenvalue weighted by molar-refractivity contribution is 6.08. The van der Waals surface area contributed by atoms with Crippen LogP contribution in [0.2, 0.25) is 0 Å². The molecule has 0 atom stereocenters. The number of ether oxygens (including phenoxy) is 2. The van der Waals surface area contributed by atoms with Crippen LogP contribution < -0.4 is 20.1 Å². The summed E-state index contributed by atoms with van der Waals surface area (Å²) < 4.78 is 10.9. The van der Waals surface area contributed by atoms with Crippen molar-refractivity contribution in [1.29, 1.82) is 0 Å². The summed E-state index contributed by atoms with van der Waals surface area (Å²) in [5, 5.41) is 5.66. The molecule has 0 aliphatic carbocycles. The van der Waals surface area contributed by atoms with Gasteiger partial charge in [0.15, 0.2) is 0 Å². The second-order valence-electron chi connectivity index (χ2n) is 6.77. The van der Waals surface area contributed by atoms with E-state index >= 15 is 0 Å². The molecule has 0 aromatic heterocycles. The van der Waals surface area contributed by atoms with Crippen molar-refractivity contribution in [3.05, 3.63) is 89.5 Å². The number of nitrogens with one attached hydrogen (secondary N) is 2. The van der Waals surface area contributed by atoms with E-state index in [2.05, 4.69) is 10.6 Å². The smallest absolute Gasteiger partial charge is 0.255 e. The van der Waals surface area contributed by atoms with Crippen LogP contribution in [-0.2, 0) is 4.79 Å². The highest BCUT2D eigenvalue weighted by atomic mass is 16.5. The van der Waals surface area contributed by atoms with Crippen molar-refractivity contribution in [1.82, 2.24) is 0 Å². The first-order valence-electron chi connectivity index (χ1n) is 9.69. The van der Waals surface area contributed by atoms with E-state index in [1.165, 1.54) is 14.2 Å². The molecule has 6 nitrogen and oxygen atoms in total. The van der Waals surface area contributed by atoms with Crippen molar-refractivity contribution in [2.24, 2.45) is 0 Å². The Kier molecular flexibility index (Phi) is 7.06. The summed E-state index contributed by atoms with van der Waals surface area (Å²) in [6, 6.07) is 21.7. The van der Waals surface area contributed by atoms with Crippen LogP contribution in [0.3, 0.4) is 0 Å². The van der Waals surface area contributed by atoms with Gasteiger partial charge in [-0.15, -0.1) is 0 Å². The van der Waals surface area contributed by atoms with Gasteiger partial charge >= 0.3 is 0 Å². The molecule has 158 valence electrons. The zero-order chi connectivity index (χ0) is 22.2. The minimum atomic E-state index is -0.278. The molecule has 0 spiro atoms. The van der Waals surface area contributed by atoms with Crippen molar-refractivity contribution in [2.45, 2.75) is 6.92 Å². The Morgan fingerprint density at radius 2 is 1.29 bits per heavy atom. The van der Waals surface area contributed by atoms with Crippen molar-refractivity contribution >= 4 is 29.3 Å². The summed E-state index contributed by atoms with van der Waals surface area (Å²) in [5.41, 5.74) is 2.85. The Hall–Kier alpha value is -4.06. The van der Waals surface area contributed by atoms with Gasteiger partial charge in [-0.2, -0.15) is 0 Å². The summed E-state index contributed by atoms with van der Waals surface area (Å²) in [5.74, 6) is 0.236. The van der Waals surface area contributed by atoms with Gasteiger partial charge in [-0.05, 0) is 30.7 Å². The number of rotatable bonds is 7. The van der Waals surface area contributed by atoms with Crippen LogP contribution in [0, 0.1) is 0 Å². The van der Waals surface area contributed by atoms with E-state index in [9.17, 15) is 9.59 Å². The maximum atomic E-state index is 12.7. The van der Waals surface area contributed by atoms with E-state index in [4.69, 9.17) is 9.47 Å². The van der Waals surface area contributed by atoms with Gasteiger partial charge in [0.25, 0.3) is 11.8 Å². The molecule has 31 heavy (non-hydrogen) atoms. The lowest BCUT2D eigenvalue weighted by Crippen LogP contribution is -2.15. The maximum Gasteiger partial charge on any atom is 0.255 e. The van der Waals surface area contributed by atoms with Gasteiger partial charge in [-0.1, -0.05) is 48.5 Å². The predicted octanol–water partition coefficient (Wildman–Crippen LogP) is 5.00. The molecule has 3 aromatic carbocycles. The first-order valence-corrected chi connectivity index (χ1v) is 9.69. The topological polar surface area (TPSA) is 76.7 Å². The third-order valence-corrected chi connectivity index (χ3v) is 4.59. The first kappa shape index (κ1) is 21.6. The van der Waals surface area contributed by atoms with E-state index in [0.717, 1.165) is 5.56 Å². The molecule has 6 heteroatoms. The molecule has 0 unspecified atom stereocenters. The van der Waals surface area contributed by atoms with E-state index in [-0.39, 0.29) is 11.8 Å². The molecular formula is C25H24N2O4. The predicted molar refractivity (Wildman–Crippen MR) is 123 cm³/mol. The van der Waals surface area contributed by atoms with Crippen LogP contribution in [0.25, 0.3) is 6.08 Å². The third-order valence-electron chi connectivity index (χ3n) is 4.59. The van der Waals surface area contributed by atoms with Crippen LogP contribution in [0.1, 0.15) is 22.8 Å². The number of anilines is 2. The number of carbonyl (C=O) groups excluding carboxylic acids is 2. The van der Waals surface area contributed by atoms with Crippen LogP contribution in [0.5, 0.6) is 11.5 Å². The first-order chi connectivity index (χ1) is 15.0. The van der Waals surface area contributed by atoms with Crippen LogP contribution in [-0.4, -0.2) is 26.0 Å². The standard InChI is InChI=1S/C25H24N2O4/c1-17(14-18-10-6-4-7-11-18)24(28)26-20-15-23(31-3)21(16-22(20)30-2)27-25(29)19-12-8-5-9-13-19/h4-16H,1-3H3,(H,26,28)(H,27,29). The van der Waals surface area contributed by atoms with Gasteiger partial charge in [0.2, 0.25) is 0 Å². The molecule has 0 fully saturated rings. The van der Waals surface area contributed by atoms with Crippen molar-refractivity contribution in [2.75, 3.05) is 24.9 Å². The van der Waals surface area contributed by atoms with E-state index in [1.54, 1.807) is 49.4 Å². The molecule has 0 aliphatic heterocycles. The van der Waals surface area contributed by atoms with Crippen LogP contribution >= 0.6 is 0 Å². The zero-order valence-corrected chi connectivity index (χ0v) is 17.6.